The molecule has 2 aromatic rings. The minimum Gasteiger partial charge on any atom is -0.266 e. The fourth-order valence-electron chi connectivity index (χ4n) is 0.858. The van der Waals surface area contributed by atoms with E-state index in [4.69, 9.17) is 0 Å². The summed E-state index contributed by atoms with van der Waals surface area (Å²) in [5, 5.41) is 3.91. The summed E-state index contributed by atoms with van der Waals surface area (Å²) < 4.78 is 11.9. The Kier molecular flexibility index (Phi) is 1.40. The Morgan fingerprint density at radius 2 is 2.36 bits per heavy atom. The number of rotatable bonds is 1. The molecule has 11 heavy (non-hydrogen) atoms. The zero-order valence-electron chi connectivity index (χ0n) is 5.51. The van der Waals surface area contributed by atoms with Crippen molar-refractivity contribution in [3.05, 3.63) is 24.4 Å². The molecule has 0 fully saturated rings. The standard InChI is InChI=1S/C6H4N3OP/c10-11-6-7-5-3-1-2-4-9(5)8-6/h1-4H. The number of hydrogen-bond acceptors (Lipinski definition) is 3. The third-order valence-electron chi connectivity index (χ3n) is 1.31. The van der Waals surface area contributed by atoms with Crippen molar-refractivity contribution in [2.75, 3.05) is 0 Å². The number of fused-ring (bicyclic) bond motifs is 1. The molecule has 0 aliphatic rings. The Morgan fingerprint density at radius 3 is 3.09 bits per heavy atom. The summed E-state index contributed by atoms with van der Waals surface area (Å²) >= 11 is 0. The van der Waals surface area contributed by atoms with Gasteiger partial charge in [0, 0.05) is 6.20 Å². The molecule has 0 amide bonds. The lowest BCUT2D eigenvalue weighted by Gasteiger charge is -1.84. The van der Waals surface area contributed by atoms with E-state index in [2.05, 4.69) is 10.1 Å². The van der Waals surface area contributed by atoms with Crippen LogP contribution in [0.2, 0.25) is 0 Å². The third-order valence-corrected chi connectivity index (χ3v) is 1.66. The lowest BCUT2D eigenvalue weighted by atomic mass is 10.5. The second kappa shape index (κ2) is 2.40. The van der Waals surface area contributed by atoms with Crippen molar-refractivity contribution in [3.63, 3.8) is 0 Å². The van der Waals surface area contributed by atoms with Gasteiger partial charge in [-0.3, -0.25) is 4.57 Å². The van der Waals surface area contributed by atoms with Gasteiger partial charge in [-0.1, -0.05) is 6.07 Å². The van der Waals surface area contributed by atoms with Gasteiger partial charge in [-0.25, -0.2) is 9.50 Å². The van der Waals surface area contributed by atoms with Crippen LogP contribution >= 0.6 is 8.46 Å². The summed E-state index contributed by atoms with van der Waals surface area (Å²) in [6.45, 7) is 0. The highest BCUT2D eigenvalue weighted by molar-refractivity contribution is 7.33. The van der Waals surface area contributed by atoms with Gasteiger partial charge in [-0.15, -0.1) is 5.10 Å². The second-order valence-corrected chi connectivity index (χ2v) is 2.59. The first-order valence-electron chi connectivity index (χ1n) is 3.05. The Balaban J connectivity index is 2.78. The number of hydrogen-bond donors (Lipinski definition) is 0. The molecule has 0 aromatic carbocycles. The van der Waals surface area contributed by atoms with Gasteiger partial charge in [0.05, 0.1) is 0 Å². The fourth-order valence-corrected chi connectivity index (χ4v) is 1.13. The number of nitrogens with zero attached hydrogens (tertiary/aromatic N) is 3. The van der Waals surface area contributed by atoms with Crippen molar-refractivity contribution >= 4 is 19.7 Å². The van der Waals surface area contributed by atoms with Gasteiger partial charge in [0.15, 0.2) is 5.65 Å². The fraction of sp³-hybridized carbons (Fsp3) is 0. The molecule has 4 nitrogen and oxygen atoms in total. The Hall–Kier alpha value is -1.28. The molecular formula is C6H4N3OP. The lowest BCUT2D eigenvalue weighted by molar-refractivity contribution is 0.602. The SMILES string of the molecule is O=Pc1nc2ccccn2n1. The highest BCUT2D eigenvalue weighted by Gasteiger charge is 1.99. The Labute approximate surface area is 64.1 Å². The van der Waals surface area contributed by atoms with E-state index < -0.39 is 0 Å². The van der Waals surface area contributed by atoms with Crippen molar-refractivity contribution < 1.29 is 4.57 Å². The smallest absolute Gasteiger partial charge is 0.243 e. The molecule has 0 aliphatic heterocycles. The number of aromatic nitrogens is 3. The van der Waals surface area contributed by atoms with Gasteiger partial charge in [0.25, 0.3) is 0 Å². The van der Waals surface area contributed by atoms with Crippen LogP contribution in [0.4, 0.5) is 0 Å². The molecule has 0 N–H and O–H groups in total. The largest absolute Gasteiger partial charge is 0.266 e. The average Bonchev–Trinajstić information content (AvgIpc) is 2.46. The molecule has 0 radical (unpaired) electrons. The van der Waals surface area contributed by atoms with E-state index in [1.165, 1.54) is 0 Å². The quantitative estimate of drug-likeness (QED) is 0.582. The molecule has 5 heteroatoms. The predicted octanol–water partition coefficient (Wildman–Crippen LogP) is 0.646. The molecule has 0 aliphatic carbocycles. The van der Waals surface area contributed by atoms with Gasteiger partial charge < -0.3 is 0 Å². The van der Waals surface area contributed by atoms with Crippen LogP contribution in [-0.2, 0) is 4.57 Å². The molecule has 0 bridgehead atoms. The van der Waals surface area contributed by atoms with Gasteiger partial charge in [-0.2, -0.15) is 0 Å². The Bertz CT molecular complexity index is 364. The monoisotopic (exact) mass is 165 g/mol. The van der Waals surface area contributed by atoms with E-state index >= 15 is 0 Å². The van der Waals surface area contributed by atoms with Gasteiger partial charge in [0.1, 0.15) is 0 Å². The van der Waals surface area contributed by atoms with Crippen molar-refractivity contribution in [3.8, 4) is 0 Å². The van der Waals surface area contributed by atoms with Crippen LogP contribution in [0.15, 0.2) is 24.4 Å². The minimum absolute atomic E-state index is 0.139. The van der Waals surface area contributed by atoms with Crippen LogP contribution in [-0.4, -0.2) is 14.6 Å². The van der Waals surface area contributed by atoms with Crippen LogP contribution in [0.3, 0.4) is 0 Å². The first-order chi connectivity index (χ1) is 5.40. The van der Waals surface area contributed by atoms with E-state index in [-0.39, 0.29) is 8.46 Å². The highest BCUT2D eigenvalue weighted by Crippen LogP contribution is 1.97. The minimum atomic E-state index is -0.139. The molecule has 0 unspecified atom stereocenters. The van der Waals surface area contributed by atoms with Gasteiger partial charge in [-0.05, 0) is 12.1 Å². The molecule has 0 atom stereocenters. The molecule has 0 spiro atoms. The predicted molar refractivity (Wildman–Crippen MR) is 40.2 cm³/mol. The first-order valence-corrected chi connectivity index (χ1v) is 3.86. The highest BCUT2D eigenvalue weighted by atomic mass is 31.1. The van der Waals surface area contributed by atoms with Crippen LogP contribution in [0.25, 0.3) is 5.65 Å². The van der Waals surface area contributed by atoms with Crippen LogP contribution < -0.4 is 5.57 Å². The normalized spacial score (nSPS) is 10.9. The Morgan fingerprint density at radius 1 is 1.45 bits per heavy atom. The summed E-state index contributed by atoms with van der Waals surface area (Å²) in [5.74, 6) is 0. The van der Waals surface area contributed by atoms with E-state index in [0.29, 0.717) is 11.2 Å². The van der Waals surface area contributed by atoms with E-state index in [0.717, 1.165) is 0 Å². The maximum Gasteiger partial charge on any atom is 0.243 e. The zero-order valence-corrected chi connectivity index (χ0v) is 6.40. The molecule has 0 saturated heterocycles. The summed E-state index contributed by atoms with van der Waals surface area (Å²) in [5.41, 5.74) is 1.03. The molecular weight excluding hydrogens is 161 g/mol. The third kappa shape index (κ3) is 1.01. The van der Waals surface area contributed by atoms with Crippen molar-refractivity contribution in [2.45, 2.75) is 0 Å². The second-order valence-electron chi connectivity index (χ2n) is 2.01. The van der Waals surface area contributed by atoms with Crippen LogP contribution in [0, 0.1) is 0 Å². The van der Waals surface area contributed by atoms with E-state index in [9.17, 15) is 4.57 Å². The van der Waals surface area contributed by atoms with Crippen molar-refractivity contribution in [1.29, 1.82) is 0 Å². The first kappa shape index (κ1) is 6.43. The van der Waals surface area contributed by atoms with Gasteiger partial charge >= 0.3 is 0 Å². The maximum atomic E-state index is 10.3. The van der Waals surface area contributed by atoms with Gasteiger partial charge in [0.2, 0.25) is 14.0 Å². The molecule has 2 heterocycles. The van der Waals surface area contributed by atoms with E-state index in [1.807, 2.05) is 18.2 Å². The topological polar surface area (TPSA) is 47.3 Å². The van der Waals surface area contributed by atoms with E-state index in [1.54, 1.807) is 10.7 Å². The molecule has 2 rings (SSSR count). The van der Waals surface area contributed by atoms with Crippen molar-refractivity contribution in [1.82, 2.24) is 14.6 Å². The number of pyridine rings is 1. The van der Waals surface area contributed by atoms with Crippen molar-refractivity contribution in [2.24, 2.45) is 0 Å². The lowest BCUT2D eigenvalue weighted by Crippen LogP contribution is -1.95. The summed E-state index contributed by atoms with van der Waals surface area (Å²) in [6.07, 6.45) is 1.76. The summed E-state index contributed by atoms with van der Waals surface area (Å²) in [4.78, 5) is 3.96. The summed E-state index contributed by atoms with van der Waals surface area (Å²) in [7, 11) is -0.139. The zero-order chi connectivity index (χ0) is 7.68. The molecule has 2 aromatic heterocycles. The summed E-state index contributed by atoms with van der Waals surface area (Å²) in [6, 6.07) is 5.50. The average molecular weight is 165 g/mol. The molecule has 54 valence electrons. The van der Waals surface area contributed by atoms with Crippen LogP contribution in [0.1, 0.15) is 0 Å². The van der Waals surface area contributed by atoms with Crippen LogP contribution in [0.5, 0.6) is 0 Å². The molecule has 0 saturated carbocycles. The maximum absolute atomic E-state index is 10.3.